The molecule has 0 aliphatic carbocycles. The number of nitrogens with zero attached hydrogens (tertiary/aromatic N) is 2. The molecule has 3 aromatic rings. The first-order chi connectivity index (χ1) is 16.5. The Morgan fingerprint density at radius 3 is 2.26 bits per heavy atom. The van der Waals surface area contributed by atoms with Gasteiger partial charge >= 0.3 is 0 Å². The van der Waals surface area contributed by atoms with Crippen molar-refractivity contribution in [2.75, 3.05) is 42.2 Å². The molecule has 2 amide bonds. The minimum atomic E-state index is -0.123. The van der Waals surface area contributed by atoms with Crippen LogP contribution in [0.5, 0.6) is 11.5 Å². The summed E-state index contributed by atoms with van der Waals surface area (Å²) in [6.45, 7) is 3.49. The zero-order chi connectivity index (χ0) is 23.9. The van der Waals surface area contributed by atoms with Gasteiger partial charge in [-0.1, -0.05) is 18.2 Å². The maximum atomic E-state index is 12.4. The van der Waals surface area contributed by atoms with Crippen LogP contribution in [0.4, 0.5) is 17.1 Å². The van der Waals surface area contributed by atoms with Crippen LogP contribution in [0.25, 0.3) is 0 Å². The number of anilines is 3. The smallest absolute Gasteiger partial charge is 0.243 e. The van der Waals surface area contributed by atoms with Crippen molar-refractivity contribution in [3.63, 3.8) is 0 Å². The molecule has 0 bridgehead atoms. The third kappa shape index (κ3) is 6.07. The van der Waals surface area contributed by atoms with Gasteiger partial charge in [-0.15, -0.1) is 0 Å². The van der Waals surface area contributed by atoms with Crippen molar-refractivity contribution in [3.8, 4) is 11.5 Å². The lowest BCUT2D eigenvalue weighted by atomic mass is 10.2. The van der Waals surface area contributed by atoms with Crippen LogP contribution in [0, 0.1) is 0 Å². The molecule has 4 rings (SSSR count). The van der Waals surface area contributed by atoms with Gasteiger partial charge < -0.3 is 25.2 Å². The van der Waals surface area contributed by atoms with Crippen LogP contribution >= 0.6 is 0 Å². The molecule has 0 radical (unpaired) electrons. The van der Waals surface area contributed by atoms with E-state index in [0.29, 0.717) is 0 Å². The number of carbonyl (C=O) groups excluding carboxylic acids is 2. The molecule has 34 heavy (non-hydrogen) atoms. The Bertz CT molecular complexity index is 1100. The van der Waals surface area contributed by atoms with Crippen LogP contribution in [0.1, 0.15) is 13.3 Å². The minimum absolute atomic E-state index is 0.0926. The van der Waals surface area contributed by atoms with Crippen molar-refractivity contribution in [1.82, 2.24) is 4.90 Å². The highest BCUT2D eigenvalue weighted by Gasteiger charge is 2.27. The lowest BCUT2D eigenvalue weighted by molar-refractivity contribution is -0.129. The lowest BCUT2D eigenvalue weighted by Gasteiger charge is -2.24. The van der Waals surface area contributed by atoms with E-state index in [1.807, 2.05) is 90.8 Å². The average molecular weight is 459 g/mol. The Morgan fingerprint density at radius 1 is 0.941 bits per heavy atom. The van der Waals surface area contributed by atoms with Crippen molar-refractivity contribution in [2.45, 2.75) is 19.4 Å². The molecule has 1 saturated heterocycles. The molecule has 1 aliphatic heterocycles. The van der Waals surface area contributed by atoms with Crippen molar-refractivity contribution < 1.29 is 14.3 Å². The summed E-state index contributed by atoms with van der Waals surface area (Å²) < 4.78 is 5.78. The Balaban J connectivity index is 1.23. The van der Waals surface area contributed by atoms with E-state index in [2.05, 4.69) is 15.5 Å². The van der Waals surface area contributed by atoms with Crippen molar-refractivity contribution in [1.29, 1.82) is 0 Å². The monoisotopic (exact) mass is 458 g/mol. The first kappa shape index (κ1) is 23.2. The Morgan fingerprint density at radius 2 is 1.59 bits per heavy atom. The first-order valence-corrected chi connectivity index (χ1v) is 11.4. The van der Waals surface area contributed by atoms with Crippen molar-refractivity contribution in [2.24, 2.45) is 0 Å². The number of carbonyl (C=O) groups is 2. The van der Waals surface area contributed by atoms with Crippen molar-refractivity contribution in [3.05, 3.63) is 78.9 Å². The summed E-state index contributed by atoms with van der Waals surface area (Å²) >= 11 is 0. The molecule has 0 spiro atoms. The number of nitrogens with one attached hydrogen (secondary N) is 2. The average Bonchev–Trinajstić information content (AvgIpc) is 3.34. The van der Waals surface area contributed by atoms with Crippen LogP contribution < -0.4 is 20.3 Å². The quantitative estimate of drug-likeness (QED) is 0.517. The van der Waals surface area contributed by atoms with E-state index in [1.54, 1.807) is 6.92 Å². The topological polar surface area (TPSA) is 73.9 Å². The molecule has 7 nitrogen and oxygen atoms in total. The van der Waals surface area contributed by atoms with Crippen LogP contribution in [-0.2, 0) is 9.59 Å². The van der Waals surface area contributed by atoms with Gasteiger partial charge in [-0.2, -0.15) is 0 Å². The molecule has 0 aromatic heterocycles. The van der Waals surface area contributed by atoms with Gasteiger partial charge in [0.1, 0.15) is 11.5 Å². The van der Waals surface area contributed by atoms with E-state index in [1.165, 1.54) is 0 Å². The fourth-order valence-electron chi connectivity index (χ4n) is 3.96. The van der Waals surface area contributed by atoms with Gasteiger partial charge in [0.2, 0.25) is 11.8 Å². The second kappa shape index (κ2) is 10.7. The van der Waals surface area contributed by atoms with Gasteiger partial charge in [0, 0.05) is 44.1 Å². The van der Waals surface area contributed by atoms with Gasteiger partial charge in [-0.25, -0.2) is 0 Å². The highest BCUT2D eigenvalue weighted by molar-refractivity contribution is 5.93. The normalized spacial score (nSPS) is 15.0. The third-order valence-electron chi connectivity index (χ3n) is 6.01. The zero-order valence-corrected chi connectivity index (χ0v) is 19.5. The minimum Gasteiger partial charge on any atom is -0.457 e. The number of hydrogen-bond acceptors (Lipinski definition) is 5. The standard InChI is InChI=1S/C27H30N4O3/c1-20(32)30(2)24-16-17-31(19-24)23-12-8-22(9-13-23)29-27(33)18-28-21-10-14-26(15-11-21)34-25-6-4-3-5-7-25/h3-15,24,28H,16-19H2,1-2H3,(H,29,33). The predicted octanol–water partition coefficient (Wildman–Crippen LogP) is 4.59. The van der Waals surface area contributed by atoms with Crippen LogP contribution in [0.3, 0.4) is 0 Å². The van der Waals surface area contributed by atoms with E-state index >= 15 is 0 Å². The molecular weight excluding hydrogens is 428 g/mol. The zero-order valence-electron chi connectivity index (χ0n) is 19.5. The summed E-state index contributed by atoms with van der Waals surface area (Å²) in [5.41, 5.74) is 2.68. The molecule has 1 fully saturated rings. The molecule has 0 saturated carbocycles. The van der Waals surface area contributed by atoms with Crippen LogP contribution in [0.2, 0.25) is 0 Å². The first-order valence-electron chi connectivity index (χ1n) is 11.4. The Labute approximate surface area is 200 Å². The van der Waals surface area contributed by atoms with E-state index in [0.717, 1.165) is 48.1 Å². The number of amides is 2. The summed E-state index contributed by atoms with van der Waals surface area (Å²) in [4.78, 5) is 28.1. The van der Waals surface area contributed by atoms with Gasteiger partial charge in [0.15, 0.2) is 0 Å². The molecule has 7 heteroatoms. The molecule has 1 unspecified atom stereocenters. The van der Waals surface area contributed by atoms with Gasteiger partial charge in [0.25, 0.3) is 0 Å². The Hall–Kier alpha value is -4.00. The summed E-state index contributed by atoms with van der Waals surface area (Å²) in [5.74, 6) is 1.48. The maximum absolute atomic E-state index is 12.4. The highest BCUT2D eigenvalue weighted by atomic mass is 16.5. The summed E-state index contributed by atoms with van der Waals surface area (Å²) in [7, 11) is 1.86. The number of likely N-dealkylation sites (N-methyl/N-ethyl adjacent to an activating group) is 1. The fourth-order valence-corrected chi connectivity index (χ4v) is 3.96. The maximum Gasteiger partial charge on any atom is 0.243 e. The number of para-hydroxylation sites is 1. The van der Waals surface area contributed by atoms with E-state index in [4.69, 9.17) is 4.74 Å². The van der Waals surface area contributed by atoms with Gasteiger partial charge in [0.05, 0.1) is 12.6 Å². The number of ether oxygens (including phenoxy) is 1. The third-order valence-corrected chi connectivity index (χ3v) is 6.01. The van der Waals surface area contributed by atoms with Crippen molar-refractivity contribution >= 4 is 28.9 Å². The van der Waals surface area contributed by atoms with Crippen LogP contribution in [-0.4, -0.2) is 49.4 Å². The summed E-state index contributed by atoms with van der Waals surface area (Å²) in [6.07, 6.45) is 0.958. The second-order valence-corrected chi connectivity index (χ2v) is 8.41. The number of benzene rings is 3. The number of rotatable bonds is 8. The van der Waals surface area contributed by atoms with Crippen LogP contribution in [0.15, 0.2) is 78.9 Å². The largest absolute Gasteiger partial charge is 0.457 e. The number of hydrogen-bond donors (Lipinski definition) is 2. The predicted molar refractivity (Wildman–Crippen MR) is 136 cm³/mol. The van der Waals surface area contributed by atoms with E-state index in [-0.39, 0.29) is 24.4 Å². The molecule has 3 aromatic carbocycles. The molecule has 1 aliphatic rings. The molecular formula is C27H30N4O3. The Kier molecular flexibility index (Phi) is 7.32. The fraction of sp³-hybridized carbons (Fsp3) is 0.259. The highest BCUT2D eigenvalue weighted by Crippen LogP contribution is 2.25. The lowest BCUT2D eigenvalue weighted by Crippen LogP contribution is -2.37. The molecule has 2 N–H and O–H groups in total. The summed E-state index contributed by atoms with van der Waals surface area (Å²) in [5, 5.41) is 6.05. The molecule has 1 heterocycles. The van der Waals surface area contributed by atoms with Gasteiger partial charge in [-0.3, -0.25) is 9.59 Å². The molecule has 1 atom stereocenters. The molecule has 176 valence electrons. The van der Waals surface area contributed by atoms with Gasteiger partial charge in [-0.05, 0) is 67.1 Å². The SMILES string of the molecule is CC(=O)N(C)C1CCN(c2ccc(NC(=O)CNc3ccc(Oc4ccccc4)cc3)cc2)C1. The van der Waals surface area contributed by atoms with E-state index < -0.39 is 0 Å². The second-order valence-electron chi connectivity index (χ2n) is 8.41. The summed E-state index contributed by atoms with van der Waals surface area (Å²) in [6, 6.07) is 25.2. The van der Waals surface area contributed by atoms with E-state index in [9.17, 15) is 9.59 Å².